The summed E-state index contributed by atoms with van der Waals surface area (Å²) in [7, 11) is 3.59. The Morgan fingerprint density at radius 2 is 1.96 bits per heavy atom. The van der Waals surface area contributed by atoms with Crippen molar-refractivity contribution < 1.29 is 9.47 Å². The van der Waals surface area contributed by atoms with Crippen LogP contribution < -0.4 is 5.32 Å². The number of nitrogens with one attached hydrogen (secondary N) is 1. The van der Waals surface area contributed by atoms with Crippen LogP contribution in [0.2, 0.25) is 0 Å². The van der Waals surface area contributed by atoms with Gasteiger partial charge in [-0.3, -0.25) is 4.99 Å². The first-order valence-electron chi connectivity index (χ1n) is 9.08. The van der Waals surface area contributed by atoms with Gasteiger partial charge in [-0.2, -0.15) is 0 Å². The van der Waals surface area contributed by atoms with Gasteiger partial charge in [0.05, 0.1) is 19.8 Å². The molecule has 2 saturated heterocycles. The third-order valence-electron chi connectivity index (χ3n) is 4.74. The molecule has 2 rings (SSSR count). The van der Waals surface area contributed by atoms with Crippen LogP contribution in [0.1, 0.15) is 25.7 Å². The van der Waals surface area contributed by atoms with E-state index in [-0.39, 0.29) is 24.0 Å². The van der Waals surface area contributed by atoms with Crippen molar-refractivity contribution in [2.24, 2.45) is 10.9 Å². The van der Waals surface area contributed by atoms with Gasteiger partial charge in [0.1, 0.15) is 0 Å². The highest BCUT2D eigenvalue weighted by Crippen LogP contribution is 2.16. The van der Waals surface area contributed by atoms with Gasteiger partial charge in [-0.05, 0) is 32.4 Å². The minimum atomic E-state index is 0. The summed E-state index contributed by atoms with van der Waals surface area (Å²) >= 11 is 0. The monoisotopic (exact) mass is 454 g/mol. The molecule has 142 valence electrons. The molecule has 0 aliphatic carbocycles. The van der Waals surface area contributed by atoms with Crippen LogP contribution in [-0.4, -0.2) is 89.0 Å². The lowest BCUT2D eigenvalue weighted by Crippen LogP contribution is -2.44. The number of likely N-dealkylation sites (tertiary alicyclic amines) is 2. The van der Waals surface area contributed by atoms with Crippen molar-refractivity contribution >= 4 is 29.9 Å². The highest BCUT2D eigenvalue weighted by molar-refractivity contribution is 14.0. The summed E-state index contributed by atoms with van der Waals surface area (Å²) in [5, 5.41) is 3.53. The van der Waals surface area contributed by atoms with Crippen LogP contribution in [-0.2, 0) is 9.47 Å². The van der Waals surface area contributed by atoms with Crippen molar-refractivity contribution in [3.05, 3.63) is 0 Å². The second-order valence-corrected chi connectivity index (χ2v) is 6.54. The molecule has 2 aliphatic rings. The summed E-state index contributed by atoms with van der Waals surface area (Å²) in [6.07, 6.45) is 5.28. The second-order valence-electron chi connectivity index (χ2n) is 6.54. The van der Waals surface area contributed by atoms with E-state index in [0.717, 1.165) is 38.7 Å². The molecular weight excluding hydrogens is 419 g/mol. The zero-order valence-corrected chi connectivity index (χ0v) is 17.7. The summed E-state index contributed by atoms with van der Waals surface area (Å²) in [5.74, 6) is 1.65. The first-order chi connectivity index (χ1) is 11.3. The fraction of sp³-hybridized carbons (Fsp3) is 0.941. The Kier molecular flexibility index (Phi) is 12.0. The molecule has 0 bridgehead atoms. The number of ether oxygens (including phenoxy) is 2. The SMILES string of the molecule is CN=C(NCCN1CCCCC1)N1CCC(COCCOC)C1.I. The molecule has 0 saturated carbocycles. The third-order valence-corrected chi connectivity index (χ3v) is 4.74. The van der Waals surface area contributed by atoms with Crippen molar-refractivity contribution in [1.29, 1.82) is 0 Å². The standard InChI is InChI=1S/C17H34N4O2.HI/c1-18-17(19-7-11-20-8-4-3-5-9-20)21-10-6-16(14-21)15-23-13-12-22-2;/h16H,3-15H2,1-2H3,(H,18,19);1H. The Morgan fingerprint density at radius 3 is 2.67 bits per heavy atom. The summed E-state index contributed by atoms with van der Waals surface area (Å²) < 4.78 is 10.7. The number of nitrogens with zero attached hydrogens (tertiary/aromatic N) is 3. The molecule has 0 aromatic carbocycles. The first-order valence-corrected chi connectivity index (χ1v) is 9.08. The van der Waals surface area contributed by atoms with Gasteiger partial charge in [0.2, 0.25) is 0 Å². The second kappa shape index (κ2) is 13.1. The fourth-order valence-corrected chi connectivity index (χ4v) is 3.39. The Balaban J connectivity index is 0.00000288. The van der Waals surface area contributed by atoms with Gasteiger partial charge in [-0.15, -0.1) is 24.0 Å². The quantitative estimate of drug-likeness (QED) is 0.262. The van der Waals surface area contributed by atoms with Crippen LogP contribution in [0.3, 0.4) is 0 Å². The predicted octanol–water partition coefficient (Wildman–Crippen LogP) is 1.65. The third kappa shape index (κ3) is 7.84. The van der Waals surface area contributed by atoms with Crippen LogP contribution in [0.5, 0.6) is 0 Å². The van der Waals surface area contributed by atoms with Crippen LogP contribution in [0.15, 0.2) is 4.99 Å². The summed E-state index contributed by atoms with van der Waals surface area (Å²) in [5.41, 5.74) is 0. The largest absolute Gasteiger partial charge is 0.382 e. The van der Waals surface area contributed by atoms with Gasteiger partial charge < -0.3 is 24.6 Å². The van der Waals surface area contributed by atoms with E-state index in [1.54, 1.807) is 7.11 Å². The van der Waals surface area contributed by atoms with Crippen molar-refractivity contribution in [3.63, 3.8) is 0 Å². The highest BCUT2D eigenvalue weighted by Gasteiger charge is 2.24. The minimum absolute atomic E-state index is 0. The molecule has 24 heavy (non-hydrogen) atoms. The molecule has 2 heterocycles. The van der Waals surface area contributed by atoms with Crippen molar-refractivity contribution in [3.8, 4) is 0 Å². The van der Waals surface area contributed by atoms with Gasteiger partial charge in [0.25, 0.3) is 0 Å². The minimum Gasteiger partial charge on any atom is -0.382 e. The Labute approximate surface area is 164 Å². The zero-order valence-electron chi connectivity index (χ0n) is 15.3. The smallest absolute Gasteiger partial charge is 0.193 e. The van der Waals surface area contributed by atoms with E-state index in [4.69, 9.17) is 9.47 Å². The number of hydrogen-bond acceptors (Lipinski definition) is 4. The fourth-order valence-electron chi connectivity index (χ4n) is 3.39. The van der Waals surface area contributed by atoms with E-state index in [2.05, 4.69) is 20.1 Å². The Morgan fingerprint density at radius 1 is 1.17 bits per heavy atom. The summed E-state index contributed by atoms with van der Waals surface area (Å²) in [6.45, 7) is 8.92. The molecule has 2 aliphatic heterocycles. The van der Waals surface area contributed by atoms with E-state index in [1.807, 2.05) is 7.05 Å². The van der Waals surface area contributed by atoms with Gasteiger partial charge in [0, 0.05) is 46.3 Å². The predicted molar refractivity (Wildman–Crippen MR) is 109 cm³/mol. The molecular formula is C17H35IN4O2. The lowest BCUT2D eigenvalue weighted by molar-refractivity contribution is 0.0536. The first kappa shape index (κ1) is 21.9. The van der Waals surface area contributed by atoms with E-state index in [9.17, 15) is 0 Å². The number of halogens is 1. The summed E-state index contributed by atoms with van der Waals surface area (Å²) in [6, 6.07) is 0. The maximum atomic E-state index is 5.66. The average Bonchev–Trinajstić information content (AvgIpc) is 3.05. The lowest BCUT2D eigenvalue weighted by atomic mass is 10.1. The molecule has 0 spiro atoms. The van der Waals surface area contributed by atoms with Gasteiger partial charge in [0.15, 0.2) is 5.96 Å². The molecule has 0 radical (unpaired) electrons. The highest BCUT2D eigenvalue weighted by atomic mass is 127. The van der Waals surface area contributed by atoms with E-state index in [1.165, 1.54) is 38.8 Å². The topological polar surface area (TPSA) is 49.3 Å². The van der Waals surface area contributed by atoms with Crippen LogP contribution in [0.4, 0.5) is 0 Å². The Hall–Kier alpha value is -0.120. The number of rotatable bonds is 8. The molecule has 1 unspecified atom stereocenters. The number of guanidine groups is 1. The van der Waals surface area contributed by atoms with Gasteiger partial charge in [-0.25, -0.2) is 0 Å². The molecule has 0 amide bonds. The number of aliphatic imine (C=N–C) groups is 1. The normalized spacial score (nSPS) is 22.5. The maximum absolute atomic E-state index is 5.66. The maximum Gasteiger partial charge on any atom is 0.193 e. The molecule has 7 heteroatoms. The molecule has 1 atom stereocenters. The van der Waals surface area contributed by atoms with Crippen LogP contribution >= 0.6 is 24.0 Å². The van der Waals surface area contributed by atoms with E-state index in [0.29, 0.717) is 19.1 Å². The number of piperidine rings is 1. The number of methoxy groups -OCH3 is 1. The van der Waals surface area contributed by atoms with E-state index >= 15 is 0 Å². The van der Waals surface area contributed by atoms with Crippen molar-refractivity contribution in [2.75, 3.05) is 73.2 Å². The number of hydrogen-bond donors (Lipinski definition) is 1. The molecule has 1 N–H and O–H groups in total. The Bertz CT molecular complexity index is 351. The zero-order chi connectivity index (χ0) is 16.3. The summed E-state index contributed by atoms with van der Waals surface area (Å²) in [4.78, 5) is 9.37. The van der Waals surface area contributed by atoms with Crippen LogP contribution in [0.25, 0.3) is 0 Å². The van der Waals surface area contributed by atoms with Crippen LogP contribution in [0, 0.1) is 5.92 Å². The molecule has 0 aromatic heterocycles. The average molecular weight is 454 g/mol. The molecule has 6 nitrogen and oxygen atoms in total. The molecule has 2 fully saturated rings. The van der Waals surface area contributed by atoms with Gasteiger partial charge >= 0.3 is 0 Å². The van der Waals surface area contributed by atoms with E-state index < -0.39 is 0 Å². The van der Waals surface area contributed by atoms with Gasteiger partial charge in [-0.1, -0.05) is 6.42 Å². The van der Waals surface area contributed by atoms with Crippen molar-refractivity contribution in [2.45, 2.75) is 25.7 Å². The van der Waals surface area contributed by atoms with Crippen molar-refractivity contribution in [1.82, 2.24) is 15.1 Å². The molecule has 0 aromatic rings. The lowest BCUT2D eigenvalue weighted by Gasteiger charge is -2.28.